The number of nitrogen functional groups attached to an aromatic ring is 1. The number of nitrogens with two attached hydrogens (primary N) is 1. The third-order valence-electron chi connectivity index (χ3n) is 3.46. The van der Waals surface area contributed by atoms with E-state index in [-0.39, 0.29) is 0 Å². The molecule has 0 spiro atoms. The normalized spacial score (nSPS) is 11.2. The molecule has 0 aromatic carbocycles. The van der Waals surface area contributed by atoms with E-state index in [0.717, 1.165) is 42.1 Å². The molecule has 0 saturated heterocycles. The lowest BCUT2D eigenvalue weighted by Gasteiger charge is -2.21. The van der Waals surface area contributed by atoms with Crippen molar-refractivity contribution in [3.8, 4) is 0 Å². The fourth-order valence-corrected chi connectivity index (χ4v) is 2.81. The van der Waals surface area contributed by atoms with Gasteiger partial charge >= 0.3 is 0 Å². The van der Waals surface area contributed by atoms with Gasteiger partial charge in [0.15, 0.2) is 0 Å². The molecule has 2 heterocycles. The minimum Gasteiger partial charge on any atom is -0.398 e. The molecule has 4 heteroatoms. The van der Waals surface area contributed by atoms with E-state index in [9.17, 15) is 0 Å². The van der Waals surface area contributed by atoms with Crippen LogP contribution >= 0.6 is 11.3 Å². The van der Waals surface area contributed by atoms with E-state index in [1.54, 1.807) is 11.3 Å². The van der Waals surface area contributed by atoms with Crippen LogP contribution in [0.4, 0.5) is 5.69 Å². The molecule has 19 heavy (non-hydrogen) atoms. The average Bonchev–Trinajstić information content (AvgIpc) is 2.91. The second kappa shape index (κ2) is 6.17. The Kier molecular flexibility index (Phi) is 4.56. The minimum absolute atomic E-state index is 0.852. The van der Waals surface area contributed by atoms with Gasteiger partial charge in [-0.3, -0.25) is 9.88 Å². The second-order valence-corrected chi connectivity index (χ2v) is 5.84. The van der Waals surface area contributed by atoms with Crippen LogP contribution in [0, 0.1) is 13.8 Å². The summed E-state index contributed by atoms with van der Waals surface area (Å²) < 4.78 is 0. The van der Waals surface area contributed by atoms with Crippen molar-refractivity contribution in [1.29, 1.82) is 0 Å². The van der Waals surface area contributed by atoms with Crippen LogP contribution in [0.25, 0.3) is 0 Å². The van der Waals surface area contributed by atoms with Crippen LogP contribution < -0.4 is 5.73 Å². The quantitative estimate of drug-likeness (QED) is 0.909. The van der Waals surface area contributed by atoms with Crippen LogP contribution in [0.1, 0.15) is 28.6 Å². The van der Waals surface area contributed by atoms with Crippen molar-refractivity contribution in [1.82, 2.24) is 9.88 Å². The number of anilines is 1. The van der Waals surface area contributed by atoms with Crippen LogP contribution in [0.2, 0.25) is 0 Å². The zero-order chi connectivity index (χ0) is 13.8. The number of pyridine rings is 1. The van der Waals surface area contributed by atoms with E-state index >= 15 is 0 Å². The Morgan fingerprint density at radius 2 is 2.11 bits per heavy atom. The highest BCUT2D eigenvalue weighted by atomic mass is 32.1. The molecule has 3 nitrogen and oxygen atoms in total. The summed E-state index contributed by atoms with van der Waals surface area (Å²) in [6, 6.07) is 4.28. The summed E-state index contributed by atoms with van der Waals surface area (Å²) >= 11 is 1.80. The van der Waals surface area contributed by atoms with Crippen molar-refractivity contribution >= 4 is 17.0 Å². The Morgan fingerprint density at radius 3 is 2.74 bits per heavy atom. The van der Waals surface area contributed by atoms with Crippen LogP contribution in [0.5, 0.6) is 0 Å². The van der Waals surface area contributed by atoms with Crippen molar-refractivity contribution in [3.63, 3.8) is 0 Å². The zero-order valence-corrected chi connectivity index (χ0v) is 12.6. The van der Waals surface area contributed by atoms with Gasteiger partial charge < -0.3 is 5.73 Å². The highest BCUT2D eigenvalue weighted by Gasteiger charge is 2.11. The van der Waals surface area contributed by atoms with Crippen LogP contribution in [-0.2, 0) is 13.1 Å². The SMILES string of the molecule is CCN(Cc1cccs1)Cc1ncc(C)c(N)c1C. The topological polar surface area (TPSA) is 42.2 Å². The number of rotatable bonds is 5. The minimum atomic E-state index is 0.852. The van der Waals surface area contributed by atoms with Gasteiger partial charge in [-0.05, 0) is 43.0 Å². The lowest BCUT2D eigenvalue weighted by Crippen LogP contribution is -2.23. The molecule has 0 aliphatic carbocycles. The van der Waals surface area contributed by atoms with Crippen molar-refractivity contribution in [2.45, 2.75) is 33.9 Å². The number of nitrogens with zero attached hydrogens (tertiary/aromatic N) is 2. The molecule has 2 aromatic rings. The molecule has 0 saturated carbocycles. The zero-order valence-electron chi connectivity index (χ0n) is 11.8. The van der Waals surface area contributed by atoms with Crippen LogP contribution in [0.15, 0.2) is 23.7 Å². The van der Waals surface area contributed by atoms with Gasteiger partial charge in [0.2, 0.25) is 0 Å². The summed E-state index contributed by atoms with van der Waals surface area (Å²) in [5.74, 6) is 0. The summed E-state index contributed by atoms with van der Waals surface area (Å²) in [7, 11) is 0. The first-order valence-corrected chi connectivity index (χ1v) is 7.45. The third kappa shape index (κ3) is 3.33. The lowest BCUT2D eigenvalue weighted by molar-refractivity contribution is 0.270. The van der Waals surface area contributed by atoms with Gasteiger partial charge in [0.05, 0.1) is 5.69 Å². The van der Waals surface area contributed by atoms with E-state index in [1.165, 1.54) is 4.88 Å². The van der Waals surface area contributed by atoms with Gasteiger partial charge in [0.1, 0.15) is 0 Å². The van der Waals surface area contributed by atoms with E-state index in [1.807, 2.05) is 13.1 Å². The average molecular weight is 275 g/mol. The number of hydrogen-bond acceptors (Lipinski definition) is 4. The molecule has 0 unspecified atom stereocenters. The molecule has 0 aliphatic heterocycles. The largest absolute Gasteiger partial charge is 0.398 e. The van der Waals surface area contributed by atoms with Gasteiger partial charge in [-0.25, -0.2) is 0 Å². The molecule has 2 N–H and O–H groups in total. The summed E-state index contributed by atoms with van der Waals surface area (Å²) in [5.41, 5.74) is 10.2. The van der Waals surface area contributed by atoms with E-state index in [0.29, 0.717) is 0 Å². The van der Waals surface area contributed by atoms with Crippen molar-refractivity contribution < 1.29 is 0 Å². The van der Waals surface area contributed by atoms with Gasteiger partial charge in [0, 0.05) is 29.9 Å². The maximum absolute atomic E-state index is 6.08. The maximum Gasteiger partial charge on any atom is 0.0593 e. The molecule has 0 aliphatic rings. The standard InChI is InChI=1S/C15H21N3S/c1-4-18(9-13-6-5-7-19-13)10-14-12(3)15(16)11(2)8-17-14/h5-8H,4,9-10H2,1-3H3,(H2,16,17). The highest BCUT2D eigenvalue weighted by molar-refractivity contribution is 7.09. The smallest absolute Gasteiger partial charge is 0.0593 e. The molecule has 102 valence electrons. The Labute approximate surface area is 119 Å². The van der Waals surface area contributed by atoms with E-state index in [4.69, 9.17) is 5.73 Å². The van der Waals surface area contributed by atoms with Crippen LogP contribution in [-0.4, -0.2) is 16.4 Å². The number of aromatic nitrogens is 1. The molecule has 2 aromatic heterocycles. The van der Waals surface area contributed by atoms with Gasteiger partial charge in [-0.15, -0.1) is 11.3 Å². The predicted octanol–water partition coefficient (Wildman–Crippen LogP) is 3.36. The van der Waals surface area contributed by atoms with Crippen LogP contribution in [0.3, 0.4) is 0 Å². The summed E-state index contributed by atoms with van der Waals surface area (Å²) in [4.78, 5) is 8.31. The molecule has 0 bridgehead atoms. The first-order chi connectivity index (χ1) is 9.11. The molecular weight excluding hydrogens is 254 g/mol. The molecule has 0 amide bonds. The Hall–Kier alpha value is -1.39. The lowest BCUT2D eigenvalue weighted by atomic mass is 10.1. The van der Waals surface area contributed by atoms with Crippen molar-refractivity contribution in [3.05, 3.63) is 45.4 Å². The fourth-order valence-electron chi connectivity index (χ4n) is 2.07. The van der Waals surface area contributed by atoms with Crippen molar-refractivity contribution in [2.24, 2.45) is 0 Å². The molecule has 0 atom stereocenters. The number of aryl methyl sites for hydroxylation is 1. The second-order valence-electron chi connectivity index (χ2n) is 4.81. The maximum atomic E-state index is 6.08. The van der Waals surface area contributed by atoms with Gasteiger partial charge in [-0.2, -0.15) is 0 Å². The molecule has 0 radical (unpaired) electrons. The first-order valence-electron chi connectivity index (χ1n) is 6.57. The van der Waals surface area contributed by atoms with Gasteiger partial charge in [-0.1, -0.05) is 13.0 Å². The summed E-state index contributed by atoms with van der Waals surface area (Å²) in [6.45, 7) is 9.08. The number of thiophene rings is 1. The Balaban J connectivity index is 2.12. The van der Waals surface area contributed by atoms with Gasteiger partial charge in [0.25, 0.3) is 0 Å². The van der Waals surface area contributed by atoms with Crippen molar-refractivity contribution in [2.75, 3.05) is 12.3 Å². The highest BCUT2D eigenvalue weighted by Crippen LogP contribution is 2.20. The molecule has 2 rings (SSSR count). The summed E-state index contributed by atoms with van der Waals surface area (Å²) in [5, 5.41) is 2.12. The molecular formula is C15H21N3S. The molecule has 0 fully saturated rings. The predicted molar refractivity (Wildman–Crippen MR) is 82.2 cm³/mol. The van der Waals surface area contributed by atoms with E-state index < -0.39 is 0 Å². The van der Waals surface area contributed by atoms with E-state index in [2.05, 4.69) is 41.2 Å². The Morgan fingerprint density at radius 1 is 1.32 bits per heavy atom. The number of hydrogen-bond donors (Lipinski definition) is 1. The fraction of sp³-hybridized carbons (Fsp3) is 0.400. The third-order valence-corrected chi connectivity index (χ3v) is 4.32. The Bertz CT molecular complexity index is 535. The monoisotopic (exact) mass is 275 g/mol. The summed E-state index contributed by atoms with van der Waals surface area (Å²) in [6.07, 6.45) is 1.87. The first kappa shape index (κ1) is 14.0.